The number of benzene rings is 1. The number of alkyl halides is 4. The first-order valence-corrected chi connectivity index (χ1v) is 4.16. The highest BCUT2D eigenvalue weighted by molar-refractivity contribution is 6.17. The summed E-state index contributed by atoms with van der Waals surface area (Å²) in [4.78, 5) is 0. The quantitative estimate of drug-likeness (QED) is 0.621. The van der Waals surface area contributed by atoms with Crippen molar-refractivity contribution in [3.8, 4) is 5.75 Å². The van der Waals surface area contributed by atoms with Crippen LogP contribution in [-0.2, 0) is 5.88 Å². The molecule has 0 aliphatic heterocycles. The van der Waals surface area contributed by atoms with Gasteiger partial charge in [-0.25, -0.2) is 0 Å². The van der Waals surface area contributed by atoms with Crippen molar-refractivity contribution in [2.24, 2.45) is 0 Å². The van der Waals surface area contributed by atoms with Gasteiger partial charge in [-0.05, 0) is 11.6 Å². The summed E-state index contributed by atoms with van der Waals surface area (Å²) in [5, 5.41) is 0. The Hall–Kier alpha value is -1.10. The molecule has 0 amide bonds. The van der Waals surface area contributed by atoms with Gasteiger partial charge in [-0.15, -0.1) is 24.8 Å². The van der Waals surface area contributed by atoms with Gasteiger partial charge in [0.25, 0.3) is 0 Å². The van der Waals surface area contributed by atoms with Gasteiger partial charge in [0.1, 0.15) is 5.75 Å². The number of nitrogen functional groups attached to an aromatic ring is 1. The Balaban J connectivity index is 2.87. The van der Waals surface area contributed by atoms with Crippen molar-refractivity contribution in [3.63, 3.8) is 0 Å². The number of nitrogens with two attached hydrogens (primary N) is 1. The van der Waals surface area contributed by atoms with Crippen LogP contribution in [0.25, 0.3) is 0 Å². The fourth-order valence-corrected chi connectivity index (χ4v) is 1.14. The standard InChI is InChI=1S/C8H7ClF3NO/c9-4-5-1-2-6(3-7(5)13)14-8(10,11)12/h1-3H,4,13H2. The van der Waals surface area contributed by atoms with Crippen molar-refractivity contribution in [2.45, 2.75) is 12.2 Å². The van der Waals surface area contributed by atoms with Crippen LogP contribution in [0.2, 0.25) is 0 Å². The molecule has 1 aromatic rings. The first-order chi connectivity index (χ1) is 6.42. The van der Waals surface area contributed by atoms with E-state index in [1.165, 1.54) is 12.1 Å². The maximum atomic E-state index is 11.8. The van der Waals surface area contributed by atoms with Crippen LogP contribution in [0, 0.1) is 0 Å². The number of rotatable bonds is 2. The van der Waals surface area contributed by atoms with E-state index in [1.54, 1.807) is 0 Å². The molecule has 0 unspecified atom stereocenters. The summed E-state index contributed by atoms with van der Waals surface area (Å²) < 4.78 is 39.0. The smallest absolute Gasteiger partial charge is 0.406 e. The zero-order chi connectivity index (χ0) is 10.8. The highest BCUT2D eigenvalue weighted by atomic mass is 35.5. The van der Waals surface area contributed by atoms with Gasteiger partial charge < -0.3 is 10.5 Å². The minimum absolute atomic E-state index is 0.151. The Morgan fingerprint density at radius 3 is 2.43 bits per heavy atom. The number of halogens is 4. The fourth-order valence-electron chi connectivity index (χ4n) is 0.892. The Labute approximate surface area is 83.4 Å². The minimum Gasteiger partial charge on any atom is -0.406 e. The van der Waals surface area contributed by atoms with E-state index >= 15 is 0 Å². The average Bonchev–Trinajstić information content (AvgIpc) is 2.01. The van der Waals surface area contributed by atoms with Crippen molar-refractivity contribution in [2.75, 3.05) is 5.73 Å². The third-order valence-corrected chi connectivity index (χ3v) is 1.78. The number of hydrogen-bond acceptors (Lipinski definition) is 2. The molecule has 78 valence electrons. The van der Waals surface area contributed by atoms with Crippen molar-refractivity contribution < 1.29 is 17.9 Å². The van der Waals surface area contributed by atoms with Crippen LogP contribution >= 0.6 is 11.6 Å². The summed E-state index contributed by atoms with van der Waals surface area (Å²) in [6, 6.07) is 3.65. The molecule has 0 atom stereocenters. The van der Waals surface area contributed by atoms with Crippen LogP contribution in [0.4, 0.5) is 18.9 Å². The number of anilines is 1. The van der Waals surface area contributed by atoms with E-state index in [0.717, 1.165) is 6.07 Å². The van der Waals surface area contributed by atoms with Gasteiger partial charge >= 0.3 is 6.36 Å². The van der Waals surface area contributed by atoms with Gasteiger partial charge in [0, 0.05) is 17.6 Å². The first kappa shape index (κ1) is 11.0. The predicted octanol–water partition coefficient (Wildman–Crippen LogP) is 2.91. The highest BCUT2D eigenvalue weighted by Gasteiger charge is 2.31. The Kier molecular flexibility index (Phi) is 3.10. The molecule has 0 fully saturated rings. The second-order valence-corrected chi connectivity index (χ2v) is 2.81. The zero-order valence-corrected chi connectivity index (χ0v) is 7.69. The molecule has 0 radical (unpaired) electrons. The van der Waals surface area contributed by atoms with Crippen molar-refractivity contribution >= 4 is 17.3 Å². The lowest BCUT2D eigenvalue weighted by Crippen LogP contribution is -2.17. The molecule has 6 heteroatoms. The molecule has 0 heterocycles. The van der Waals surface area contributed by atoms with Crippen LogP contribution < -0.4 is 10.5 Å². The van der Waals surface area contributed by atoms with Gasteiger partial charge in [-0.2, -0.15) is 0 Å². The molecule has 0 saturated carbocycles. The van der Waals surface area contributed by atoms with Gasteiger partial charge in [0.15, 0.2) is 0 Å². The summed E-state index contributed by atoms with van der Waals surface area (Å²) in [6.45, 7) is 0. The highest BCUT2D eigenvalue weighted by Crippen LogP contribution is 2.26. The summed E-state index contributed by atoms with van der Waals surface area (Å²) >= 11 is 5.47. The lowest BCUT2D eigenvalue weighted by Gasteiger charge is -2.10. The molecule has 0 bridgehead atoms. The van der Waals surface area contributed by atoms with Gasteiger partial charge in [0.2, 0.25) is 0 Å². The molecular formula is C8H7ClF3NO. The largest absolute Gasteiger partial charge is 0.573 e. The van der Waals surface area contributed by atoms with Crippen LogP contribution in [0.5, 0.6) is 5.75 Å². The van der Waals surface area contributed by atoms with E-state index < -0.39 is 6.36 Å². The molecule has 1 rings (SSSR count). The molecular weight excluding hydrogens is 219 g/mol. The van der Waals surface area contributed by atoms with Crippen LogP contribution in [-0.4, -0.2) is 6.36 Å². The van der Waals surface area contributed by atoms with Crippen molar-refractivity contribution in [1.29, 1.82) is 0 Å². The second-order valence-electron chi connectivity index (χ2n) is 2.54. The normalized spacial score (nSPS) is 11.4. The molecule has 0 aliphatic rings. The third-order valence-electron chi connectivity index (χ3n) is 1.49. The van der Waals surface area contributed by atoms with Crippen LogP contribution in [0.3, 0.4) is 0 Å². The fraction of sp³-hybridized carbons (Fsp3) is 0.250. The van der Waals surface area contributed by atoms with E-state index in [-0.39, 0.29) is 17.3 Å². The first-order valence-electron chi connectivity index (χ1n) is 3.62. The zero-order valence-electron chi connectivity index (χ0n) is 6.94. The Bertz CT molecular complexity index is 327. The molecule has 2 N–H and O–H groups in total. The second kappa shape index (κ2) is 3.96. The van der Waals surface area contributed by atoms with E-state index in [4.69, 9.17) is 17.3 Å². The van der Waals surface area contributed by atoms with E-state index in [0.29, 0.717) is 5.56 Å². The Morgan fingerprint density at radius 2 is 2.00 bits per heavy atom. The van der Waals surface area contributed by atoms with Crippen molar-refractivity contribution in [3.05, 3.63) is 23.8 Å². The lowest BCUT2D eigenvalue weighted by molar-refractivity contribution is -0.274. The van der Waals surface area contributed by atoms with Gasteiger partial charge in [0.05, 0.1) is 0 Å². The summed E-state index contributed by atoms with van der Waals surface area (Å²) in [5.74, 6) is -0.193. The molecule has 0 aromatic heterocycles. The maximum absolute atomic E-state index is 11.8. The lowest BCUT2D eigenvalue weighted by atomic mass is 10.2. The summed E-state index contributed by atoms with van der Waals surface area (Å²) in [5.41, 5.74) is 6.17. The minimum atomic E-state index is -4.70. The molecule has 14 heavy (non-hydrogen) atoms. The number of ether oxygens (including phenoxy) is 1. The van der Waals surface area contributed by atoms with Gasteiger partial charge in [-0.3, -0.25) is 0 Å². The Morgan fingerprint density at radius 1 is 1.36 bits per heavy atom. The van der Waals surface area contributed by atoms with Crippen LogP contribution in [0.15, 0.2) is 18.2 Å². The third kappa shape index (κ3) is 2.99. The molecule has 0 spiro atoms. The monoisotopic (exact) mass is 225 g/mol. The summed E-state index contributed by atoms with van der Waals surface area (Å²) in [7, 11) is 0. The molecule has 0 aliphatic carbocycles. The van der Waals surface area contributed by atoms with Gasteiger partial charge in [-0.1, -0.05) is 6.07 Å². The van der Waals surface area contributed by atoms with E-state index in [2.05, 4.69) is 4.74 Å². The van der Waals surface area contributed by atoms with E-state index in [1.807, 2.05) is 0 Å². The SMILES string of the molecule is Nc1cc(OC(F)(F)F)ccc1CCl. The molecule has 1 aromatic carbocycles. The number of hydrogen-bond donors (Lipinski definition) is 1. The summed E-state index contributed by atoms with van der Waals surface area (Å²) in [6.07, 6.45) is -4.70. The average molecular weight is 226 g/mol. The maximum Gasteiger partial charge on any atom is 0.573 e. The molecule has 2 nitrogen and oxygen atoms in total. The van der Waals surface area contributed by atoms with Crippen LogP contribution in [0.1, 0.15) is 5.56 Å². The van der Waals surface area contributed by atoms with Crippen molar-refractivity contribution in [1.82, 2.24) is 0 Å². The molecule has 0 saturated heterocycles. The van der Waals surface area contributed by atoms with E-state index in [9.17, 15) is 13.2 Å². The topological polar surface area (TPSA) is 35.2 Å². The predicted molar refractivity (Wildman–Crippen MR) is 47.1 cm³/mol.